The van der Waals surface area contributed by atoms with E-state index in [1.165, 1.54) is 11.0 Å². The zero-order valence-electron chi connectivity index (χ0n) is 19.7. The summed E-state index contributed by atoms with van der Waals surface area (Å²) in [5, 5.41) is 7.93. The minimum absolute atomic E-state index is 0.217. The Balaban J connectivity index is 1.97. The van der Waals surface area contributed by atoms with Crippen LogP contribution in [0.15, 0.2) is 42.5 Å². The van der Waals surface area contributed by atoms with Crippen LogP contribution in [0.25, 0.3) is 0 Å². The first kappa shape index (κ1) is 25.3. The number of anilines is 1. The lowest BCUT2D eigenvalue weighted by Gasteiger charge is -2.39. The van der Waals surface area contributed by atoms with Crippen molar-refractivity contribution in [2.75, 3.05) is 18.9 Å². The largest absolute Gasteiger partial charge is 0.343 e. The van der Waals surface area contributed by atoms with Crippen molar-refractivity contribution in [1.82, 2.24) is 15.5 Å². The molecule has 3 amide bonds. The zero-order chi connectivity index (χ0) is 25.0. The van der Waals surface area contributed by atoms with Gasteiger partial charge < -0.3 is 20.9 Å². The smallest absolute Gasteiger partial charge is 0.251 e. The monoisotopic (exact) mass is 472 g/mol. The maximum atomic E-state index is 14.2. The lowest BCUT2D eigenvalue weighted by atomic mass is 9.90. The summed E-state index contributed by atoms with van der Waals surface area (Å²) >= 11 is 0. The van der Waals surface area contributed by atoms with Gasteiger partial charge >= 0.3 is 0 Å². The minimum Gasteiger partial charge on any atom is -0.343 e. The summed E-state index contributed by atoms with van der Waals surface area (Å²) in [5.41, 5.74) is 0.878. The Morgan fingerprint density at radius 2 is 1.65 bits per heavy atom. The maximum absolute atomic E-state index is 14.2. The maximum Gasteiger partial charge on any atom is 0.251 e. The molecule has 0 aliphatic carbocycles. The first-order valence-corrected chi connectivity index (χ1v) is 11.3. The molecule has 2 aromatic rings. The zero-order valence-corrected chi connectivity index (χ0v) is 19.7. The van der Waals surface area contributed by atoms with Gasteiger partial charge in [-0.05, 0) is 49.6 Å². The van der Waals surface area contributed by atoms with Gasteiger partial charge in [0.25, 0.3) is 5.91 Å². The third kappa shape index (κ3) is 5.25. The number of hydrogen-bond donors (Lipinski definition) is 3. The van der Waals surface area contributed by atoms with Gasteiger partial charge in [0.05, 0.1) is 6.04 Å². The highest BCUT2D eigenvalue weighted by atomic mass is 19.1. The second-order valence-corrected chi connectivity index (χ2v) is 8.71. The fraction of sp³-hybridized carbons (Fsp3) is 0.400. The summed E-state index contributed by atoms with van der Waals surface area (Å²) in [6.45, 7) is 5.49. The SMILES string of the molecule is CNC(C)C(=O)NC(C(=O)N1CCc2ccccc2C1C(=O)Nc1c(F)cccc1F)C(C)C. The second-order valence-electron chi connectivity index (χ2n) is 8.71. The molecule has 9 heteroatoms. The number of nitrogens with zero attached hydrogens (tertiary/aromatic N) is 1. The molecule has 1 aliphatic heterocycles. The number of amides is 3. The number of rotatable bonds is 7. The van der Waals surface area contributed by atoms with Gasteiger partial charge in [-0.1, -0.05) is 44.2 Å². The highest BCUT2D eigenvalue weighted by molar-refractivity contribution is 6.00. The molecule has 0 saturated heterocycles. The van der Waals surface area contributed by atoms with Crippen molar-refractivity contribution >= 4 is 23.4 Å². The first-order valence-electron chi connectivity index (χ1n) is 11.3. The second kappa shape index (κ2) is 10.7. The molecule has 182 valence electrons. The fourth-order valence-electron chi connectivity index (χ4n) is 4.00. The molecule has 3 N–H and O–H groups in total. The van der Waals surface area contributed by atoms with Gasteiger partial charge in [-0.25, -0.2) is 8.78 Å². The van der Waals surface area contributed by atoms with Crippen LogP contribution in [0.2, 0.25) is 0 Å². The highest BCUT2D eigenvalue weighted by Crippen LogP contribution is 2.32. The van der Waals surface area contributed by atoms with Gasteiger partial charge in [0.1, 0.15) is 29.4 Å². The van der Waals surface area contributed by atoms with Crippen molar-refractivity contribution < 1.29 is 23.2 Å². The molecule has 0 fully saturated rings. The van der Waals surface area contributed by atoms with E-state index in [-0.39, 0.29) is 18.4 Å². The van der Waals surface area contributed by atoms with Crippen LogP contribution in [0.3, 0.4) is 0 Å². The number of hydrogen-bond acceptors (Lipinski definition) is 4. The molecule has 2 aromatic carbocycles. The summed E-state index contributed by atoms with van der Waals surface area (Å²) < 4.78 is 28.5. The van der Waals surface area contributed by atoms with Gasteiger partial charge in [0.2, 0.25) is 11.8 Å². The van der Waals surface area contributed by atoms with E-state index < -0.39 is 47.3 Å². The average molecular weight is 473 g/mol. The van der Waals surface area contributed by atoms with E-state index in [2.05, 4.69) is 16.0 Å². The molecule has 34 heavy (non-hydrogen) atoms. The van der Waals surface area contributed by atoms with Crippen molar-refractivity contribution in [1.29, 1.82) is 0 Å². The molecule has 0 spiro atoms. The number of likely N-dealkylation sites (N-methyl/N-ethyl adjacent to an activating group) is 1. The number of carbonyl (C=O) groups is 3. The van der Waals surface area contributed by atoms with Gasteiger partial charge in [-0.3, -0.25) is 14.4 Å². The van der Waals surface area contributed by atoms with Crippen LogP contribution in [0.1, 0.15) is 37.9 Å². The Morgan fingerprint density at radius 3 is 2.26 bits per heavy atom. The van der Waals surface area contributed by atoms with Crippen LogP contribution in [-0.4, -0.2) is 48.3 Å². The Hall–Kier alpha value is -3.33. The standard InChI is InChI=1S/C25H30F2N4O3/c1-14(2)20(29-23(32)15(3)28-4)25(34)31-13-12-16-8-5-6-9-17(16)22(31)24(33)30-21-18(26)10-7-11-19(21)27/h5-11,14-15,20,22,28H,12-13H2,1-4H3,(H,29,32)(H,30,33). The van der Waals surface area contributed by atoms with E-state index in [0.29, 0.717) is 12.0 Å². The van der Waals surface area contributed by atoms with E-state index in [4.69, 9.17) is 0 Å². The summed E-state index contributed by atoms with van der Waals surface area (Å²) in [6.07, 6.45) is 0.505. The van der Waals surface area contributed by atoms with Crippen molar-refractivity contribution in [3.63, 3.8) is 0 Å². The number of nitrogens with one attached hydrogen (secondary N) is 3. The molecule has 0 aromatic heterocycles. The molecule has 0 saturated carbocycles. The van der Waals surface area contributed by atoms with Crippen LogP contribution in [-0.2, 0) is 20.8 Å². The normalized spacial score (nSPS) is 17.0. The van der Waals surface area contributed by atoms with E-state index >= 15 is 0 Å². The molecule has 3 rings (SSSR count). The van der Waals surface area contributed by atoms with Gasteiger partial charge in [-0.2, -0.15) is 0 Å². The van der Waals surface area contributed by atoms with Crippen LogP contribution >= 0.6 is 0 Å². The van der Waals surface area contributed by atoms with E-state index in [1.807, 2.05) is 12.1 Å². The van der Waals surface area contributed by atoms with Crippen LogP contribution in [0.4, 0.5) is 14.5 Å². The van der Waals surface area contributed by atoms with Crippen molar-refractivity contribution in [3.05, 3.63) is 65.2 Å². The Morgan fingerprint density at radius 1 is 1.00 bits per heavy atom. The molecular formula is C25H30F2N4O3. The van der Waals surface area contributed by atoms with Crippen LogP contribution < -0.4 is 16.0 Å². The van der Waals surface area contributed by atoms with Gasteiger partial charge in [-0.15, -0.1) is 0 Å². The highest BCUT2D eigenvalue weighted by Gasteiger charge is 2.40. The Kier molecular flexibility index (Phi) is 7.98. The molecule has 1 aliphatic rings. The third-order valence-electron chi connectivity index (χ3n) is 6.08. The Labute approximate surface area is 197 Å². The van der Waals surface area contributed by atoms with Crippen LogP contribution in [0.5, 0.6) is 0 Å². The lowest BCUT2D eigenvalue weighted by Crippen LogP contribution is -2.57. The predicted molar refractivity (Wildman–Crippen MR) is 125 cm³/mol. The van der Waals surface area contributed by atoms with E-state index in [9.17, 15) is 23.2 Å². The van der Waals surface area contributed by atoms with E-state index in [0.717, 1.165) is 17.7 Å². The molecule has 3 atom stereocenters. The molecular weight excluding hydrogens is 442 g/mol. The summed E-state index contributed by atoms with van der Waals surface area (Å²) in [5.74, 6) is -3.60. The topological polar surface area (TPSA) is 90.5 Å². The van der Waals surface area contributed by atoms with Crippen molar-refractivity contribution in [2.24, 2.45) is 5.92 Å². The quantitative estimate of drug-likeness (QED) is 0.578. The van der Waals surface area contributed by atoms with Crippen molar-refractivity contribution in [3.8, 4) is 0 Å². The predicted octanol–water partition coefficient (Wildman–Crippen LogP) is 2.78. The minimum atomic E-state index is -1.11. The molecule has 1 heterocycles. The van der Waals surface area contributed by atoms with Crippen molar-refractivity contribution in [2.45, 2.75) is 45.3 Å². The van der Waals surface area contributed by atoms with E-state index in [1.54, 1.807) is 40.0 Å². The summed E-state index contributed by atoms with van der Waals surface area (Å²) in [7, 11) is 1.64. The number of carbonyl (C=O) groups excluding carboxylic acids is 3. The van der Waals surface area contributed by atoms with Gasteiger partial charge in [0.15, 0.2) is 0 Å². The first-order chi connectivity index (χ1) is 16.1. The molecule has 0 radical (unpaired) electrons. The molecule has 0 bridgehead atoms. The fourth-order valence-corrected chi connectivity index (χ4v) is 4.00. The van der Waals surface area contributed by atoms with Gasteiger partial charge in [0, 0.05) is 6.54 Å². The average Bonchev–Trinajstić information content (AvgIpc) is 2.82. The summed E-state index contributed by atoms with van der Waals surface area (Å²) in [4.78, 5) is 40.9. The molecule has 7 nitrogen and oxygen atoms in total. The number of fused-ring (bicyclic) bond motifs is 1. The third-order valence-corrected chi connectivity index (χ3v) is 6.08. The number of halogens is 2. The number of para-hydroxylation sites is 1. The Bertz CT molecular complexity index is 1060. The number of benzene rings is 2. The summed E-state index contributed by atoms with van der Waals surface area (Å²) in [6, 6.07) is 7.94. The molecule has 3 unspecified atom stereocenters. The van der Waals surface area contributed by atoms with Crippen LogP contribution in [0, 0.1) is 17.6 Å². The lowest BCUT2D eigenvalue weighted by molar-refractivity contribution is -0.144.